The van der Waals surface area contributed by atoms with Crippen LogP contribution in [0.1, 0.15) is 13.3 Å². The maximum atomic E-state index is 13.4. The summed E-state index contributed by atoms with van der Waals surface area (Å²) in [5.41, 5.74) is 8.63. The van der Waals surface area contributed by atoms with Gasteiger partial charge in [0.25, 0.3) is 0 Å². The number of rotatable bonds is 3. The van der Waals surface area contributed by atoms with Crippen molar-refractivity contribution < 1.29 is 4.39 Å². The van der Waals surface area contributed by atoms with Crippen LogP contribution in [0, 0.1) is 5.82 Å². The molecule has 0 fully saturated rings. The highest BCUT2D eigenvalue weighted by molar-refractivity contribution is 9.10. The minimum atomic E-state index is -0.403. The smallest absolute Gasteiger partial charge is 0.146 e. The van der Waals surface area contributed by atoms with E-state index in [1.807, 2.05) is 18.2 Å². The first-order valence-electron chi connectivity index (χ1n) is 6.81. The van der Waals surface area contributed by atoms with Gasteiger partial charge in [-0.05, 0) is 42.8 Å². The lowest BCUT2D eigenvalue weighted by Gasteiger charge is -2.08. The Bertz CT molecular complexity index is 811. The van der Waals surface area contributed by atoms with Crippen LogP contribution in [-0.4, -0.2) is 9.55 Å². The lowest BCUT2D eigenvalue weighted by molar-refractivity contribution is 0.632. The third-order valence-electron chi connectivity index (χ3n) is 3.41. The lowest BCUT2D eigenvalue weighted by atomic mass is 10.2. The Morgan fingerprint density at radius 3 is 2.76 bits per heavy atom. The molecule has 3 rings (SSSR count). The summed E-state index contributed by atoms with van der Waals surface area (Å²) in [6.07, 6.45) is 0.991. The third-order valence-corrected chi connectivity index (χ3v) is 3.90. The van der Waals surface area contributed by atoms with Crippen LogP contribution in [0.2, 0.25) is 0 Å². The van der Waals surface area contributed by atoms with Gasteiger partial charge in [-0.3, -0.25) is 0 Å². The Balaban J connectivity index is 2.24. The van der Waals surface area contributed by atoms with Gasteiger partial charge < -0.3 is 10.3 Å². The Morgan fingerprint density at radius 1 is 1.24 bits per heavy atom. The Morgan fingerprint density at radius 2 is 2.05 bits per heavy atom. The van der Waals surface area contributed by atoms with Gasteiger partial charge in [-0.2, -0.15) is 0 Å². The van der Waals surface area contributed by atoms with Crippen molar-refractivity contribution in [3.05, 3.63) is 46.7 Å². The number of nitrogens with zero attached hydrogens (tertiary/aromatic N) is 2. The fourth-order valence-electron chi connectivity index (χ4n) is 2.46. The summed E-state index contributed by atoms with van der Waals surface area (Å²) < 4.78 is 16.5. The van der Waals surface area contributed by atoms with Gasteiger partial charge in [0.2, 0.25) is 0 Å². The molecular weight excluding hydrogens is 333 g/mol. The van der Waals surface area contributed by atoms with Crippen molar-refractivity contribution in [3.8, 4) is 11.4 Å². The van der Waals surface area contributed by atoms with Gasteiger partial charge >= 0.3 is 0 Å². The summed E-state index contributed by atoms with van der Waals surface area (Å²) in [5, 5.41) is 0. The molecule has 0 saturated heterocycles. The fourth-order valence-corrected chi connectivity index (χ4v) is 2.81. The van der Waals surface area contributed by atoms with E-state index in [4.69, 9.17) is 5.73 Å². The molecule has 108 valence electrons. The molecule has 0 unspecified atom stereocenters. The van der Waals surface area contributed by atoms with Gasteiger partial charge in [-0.15, -0.1) is 0 Å². The van der Waals surface area contributed by atoms with Crippen LogP contribution in [0.4, 0.5) is 10.1 Å². The molecule has 0 aliphatic carbocycles. The normalized spacial score (nSPS) is 11.2. The van der Waals surface area contributed by atoms with Crippen molar-refractivity contribution in [3.63, 3.8) is 0 Å². The average molecular weight is 348 g/mol. The van der Waals surface area contributed by atoms with Crippen LogP contribution < -0.4 is 5.73 Å². The van der Waals surface area contributed by atoms with Crippen LogP contribution in [0.3, 0.4) is 0 Å². The molecule has 0 saturated carbocycles. The number of benzene rings is 2. The second-order valence-electron chi connectivity index (χ2n) is 4.96. The number of halogens is 2. The first-order chi connectivity index (χ1) is 10.1. The van der Waals surface area contributed by atoms with E-state index in [0.29, 0.717) is 0 Å². The molecule has 2 N–H and O–H groups in total. The summed E-state index contributed by atoms with van der Waals surface area (Å²) in [5.74, 6) is 0.413. The maximum absolute atomic E-state index is 13.4. The van der Waals surface area contributed by atoms with E-state index in [-0.39, 0.29) is 5.69 Å². The van der Waals surface area contributed by atoms with E-state index >= 15 is 0 Å². The summed E-state index contributed by atoms with van der Waals surface area (Å²) >= 11 is 3.46. The van der Waals surface area contributed by atoms with Crippen molar-refractivity contribution in [2.24, 2.45) is 0 Å². The molecule has 1 aromatic heterocycles. The van der Waals surface area contributed by atoms with Gasteiger partial charge in [-0.25, -0.2) is 9.37 Å². The molecule has 0 aliphatic heterocycles. The second-order valence-corrected chi connectivity index (χ2v) is 5.87. The molecule has 0 radical (unpaired) electrons. The van der Waals surface area contributed by atoms with Crippen molar-refractivity contribution in [2.75, 3.05) is 5.73 Å². The Hall–Kier alpha value is -1.88. The number of aryl methyl sites for hydroxylation is 1. The lowest BCUT2D eigenvalue weighted by Crippen LogP contribution is -2.00. The van der Waals surface area contributed by atoms with Gasteiger partial charge in [-0.1, -0.05) is 22.9 Å². The number of hydrogen-bond donors (Lipinski definition) is 1. The Labute approximate surface area is 130 Å². The van der Waals surface area contributed by atoms with E-state index in [2.05, 4.69) is 32.4 Å². The topological polar surface area (TPSA) is 43.8 Å². The number of fused-ring (bicyclic) bond motifs is 1. The first-order valence-corrected chi connectivity index (χ1v) is 7.60. The second kappa shape index (κ2) is 5.48. The van der Waals surface area contributed by atoms with Gasteiger partial charge in [0.05, 0.1) is 16.7 Å². The largest absolute Gasteiger partial charge is 0.396 e. The zero-order chi connectivity index (χ0) is 15.0. The maximum Gasteiger partial charge on any atom is 0.146 e. The molecule has 21 heavy (non-hydrogen) atoms. The highest BCUT2D eigenvalue weighted by Gasteiger charge is 2.13. The molecule has 0 amide bonds. The fraction of sp³-hybridized carbons (Fsp3) is 0.188. The predicted molar refractivity (Wildman–Crippen MR) is 87.5 cm³/mol. The Kier molecular flexibility index (Phi) is 3.68. The number of nitrogens with two attached hydrogens (primary N) is 1. The number of hydrogen-bond acceptors (Lipinski definition) is 2. The quantitative estimate of drug-likeness (QED) is 0.703. The van der Waals surface area contributed by atoms with Crippen molar-refractivity contribution >= 4 is 32.7 Å². The van der Waals surface area contributed by atoms with Gasteiger partial charge in [0.1, 0.15) is 11.6 Å². The predicted octanol–water partition coefficient (Wildman–Crippen LogP) is 4.60. The van der Waals surface area contributed by atoms with E-state index < -0.39 is 5.82 Å². The number of nitrogen functional groups attached to an aromatic ring is 1. The minimum Gasteiger partial charge on any atom is -0.396 e. The third kappa shape index (κ3) is 2.53. The molecule has 2 aromatic carbocycles. The van der Waals surface area contributed by atoms with Crippen LogP contribution >= 0.6 is 15.9 Å². The highest BCUT2D eigenvalue weighted by Crippen LogP contribution is 2.28. The standard InChI is InChI=1S/C16H15BrFN3/c1-2-7-21-15-6-4-11(17)9-14(15)20-16(21)10-3-5-12(18)13(19)8-10/h3-6,8-9H,2,7,19H2,1H3. The summed E-state index contributed by atoms with van der Waals surface area (Å²) in [7, 11) is 0. The molecule has 0 aliphatic rings. The number of aromatic nitrogens is 2. The molecule has 1 heterocycles. The first kappa shape index (κ1) is 14.1. The van der Waals surface area contributed by atoms with E-state index in [1.165, 1.54) is 6.07 Å². The van der Waals surface area contributed by atoms with E-state index in [9.17, 15) is 4.39 Å². The van der Waals surface area contributed by atoms with E-state index in [1.54, 1.807) is 12.1 Å². The molecule has 3 nitrogen and oxygen atoms in total. The molecular formula is C16H15BrFN3. The van der Waals surface area contributed by atoms with Gasteiger partial charge in [0.15, 0.2) is 0 Å². The monoisotopic (exact) mass is 347 g/mol. The number of imidazole rings is 1. The van der Waals surface area contributed by atoms with Crippen LogP contribution in [0.15, 0.2) is 40.9 Å². The molecule has 3 aromatic rings. The minimum absolute atomic E-state index is 0.142. The molecule has 0 spiro atoms. The van der Waals surface area contributed by atoms with Crippen molar-refractivity contribution in [1.82, 2.24) is 9.55 Å². The SMILES string of the molecule is CCCn1c(-c2ccc(F)c(N)c2)nc2cc(Br)ccc21. The van der Waals surface area contributed by atoms with E-state index in [0.717, 1.165) is 39.9 Å². The number of anilines is 1. The average Bonchev–Trinajstić information content (AvgIpc) is 2.80. The summed E-state index contributed by atoms with van der Waals surface area (Å²) in [6, 6.07) is 10.8. The molecule has 5 heteroatoms. The summed E-state index contributed by atoms with van der Waals surface area (Å²) in [4.78, 5) is 4.69. The van der Waals surface area contributed by atoms with Crippen LogP contribution in [0.5, 0.6) is 0 Å². The van der Waals surface area contributed by atoms with Crippen molar-refractivity contribution in [2.45, 2.75) is 19.9 Å². The van der Waals surface area contributed by atoms with Gasteiger partial charge in [0, 0.05) is 16.6 Å². The van der Waals surface area contributed by atoms with Crippen LogP contribution in [-0.2, 0) is 6.54 Å². The zero-order valence-electron chi connectivity index (χ0n) is 11.6. The highest BCUT2D eigenvalue weighted by atomic mass is 79.9. The zero-order valence-corrected chi connectivity index (χ0v) is 13.2. The molecule has 0 atom stereocenters. The van der Waals surface area contributed by atoms with Crippen molar-refractivity contribution in [1.29, 1.82) is 0 Å². The molecule has 0 bridgehead atoms. The summed E-state index contributed by atoms with van der Waals surface area (Å²) in [6.45, 7) is 2.97. The van der Waals surface area contributed by atoms with Crippen LogP contribution in [0.25, 0.3) is 22.4 Å².